The van der Waals surface area contributed by atoms with Gasteiger partial charge in [-0.15, -0.1) is 0 Å². The Hall–Kier alpha value is -0.501. The Morgan fingerprint density at radius 3 is 1.74 bits per heavy atom. The van der Waals surface area contributed by atoms with E-state index in [1.807, 2.05) is 0 Å². The molecule has 0 amide bonds. The minimum atomic E-state index is -2.07. The molecule has 1 rings (SSSR count). The van der Waals surface area contributed by atoms with Crippen LogP contribution in [-0.4, -0.2) is 18.4 Å². The van der Waals surface area contributed by atoms with E-state index in [2.05, 4.69) is 73.4 Å². The van der Waals surface area contributed by atoms with E-state index >= 15 is 0 Å². The molecule has 0 aliphatic carbocycles. The van der Waals surface area contributed by atoms with E-state index in [1.165, 1.54) is 44.1 Å². The van der Waals surface area contributed by atoms with Gasteiger partial charge in [-0.3, -0.25) is 0 Å². The Bertz CT molecular complexity index is 423. The standard InChI is InChI=1S/C10H9.3C4H9.Sn/c1-2-3-7-10-8-5-4-6-9-10;3*1-3-4-2;/h1-9H;3*1,3-4H2,2H3;/b2-1?,7-3+;;;;. The summed E-state index contributed by atoms with van der Waals surface area (Å²) in [7, 11) is 0. The number of hydrogen-bond donors (Lipinski definition) is 0. The van der Waals surface area contributed by atoms with Crippen molar-refractivity contribution in [2.45, 2.75) is 72.6 Å². The van der Waals surface area contributed by atoms with Crippen molar-refractivity contribution in [2.24, 2.45) is 0 Å². The monoisotopic (exact) mass is 420 g/mol. The van der Waals surface area contributed by atoms with Crippen LogP contribution in [0.5, 0.6) is 0 Å². The molecule has 128 valence electrons. The fourth-order valence-corrected chi connectivity index (χ4v) is 17.3. The van der Waals surface area contributed by atoms with Gasteiger partial charge in [0.15, 0.2) is 0 Å². The van der Waals surface area contributed by atoms with Crippen LogP contribution in [0.4, 0.5) is 0 Å². The molecule has 0 aliphatic heterocycles. The summed E-state index contributed by atoms with van der Waals surface area (Å²) in [5, 5.41) is 0. The van der Waals surface area contributed by atoms with Gasteiger partial charge >= 0.3 is 149 Å². The molecule has 23 heavy (non-hydrogen) atoms. The van der Waals surface area contributed by atoms with Gasteiger partial charge in [0.1, 0.15) is 0 Å². The normalized spacial score (nSPS) is 12.5. The Morgan fingerprint density at radius 2 is 1.26 bits per heavy atom. The zero-order chi connectivity index (χ0) is 16.8. The number of rotatable bonds is 12. The van der Waals surface area contributed by atoms with Crippen molar-refractivity contribution in [3.05, 3.63) is 52.1 Å². The van der Waals surface area contributed by atoms with Crippen molar-refractivity contribution >= 4 is 24.5 Å². The Labute approximate surface area is 149 Å². The van der Waals surface area contributed by atoms with E-state index in [4.69, 9.17) is 0 Å². The van der Waals surface area contributed by atoms with E-state index in [0.717, 1.165) is 0 Å². The third-order valence-corrected chi connectivity index (χ3v) is 18.9. The average Bonchev–Trinajstić information content (AvgIpc) is 2.60. The van der Waals surface area contributed by atoms with Crippen LogP contribution >= 0.6 is 0 Å². The predicted molar refractivity (Wildman–Crippen MR) is 110 cm³/mol. The van der Waals surface area contributed by atoms with Gasteiger partial charge in [0.05, 0.1) is 0 Å². The molecule has 1 aromatic rings. The van der Waals surface area contributed by atoms with Crippen LogP contribution in [0.3, 0.4) is 0 Å². The minimum absolute atomic E-state index is 1.30. The van der Waals surface area contributed by atoms with E-state index in [-0.39, 0.29) is 0 Å². The van der Waals surface area contributed by atoms with Crippen LogP contribution in [0.25, 0.3) is 6.08 Å². The fraction of sp³-hybridized carbons (Fsp3) is 0.545. The molecule has 0 radical (unpaired) electrons. The Balaban J connectivity index is 2.78. The first-order valence-corrected chi connectivity index (χ1v) is 17.4. The van der Waals surface area contributed by atoms with Gasteiger partial charge in [0.2, 0.25) is 0 Å². The number of allylic oxidation sites excluding steroid dienone is 2. The molecule has 0 saturated carbocycles. The second-order valence-electron chi connectivity index (χ2n) is 6.80. The van der Waals surface area contributed by atoms with Crippen LogP contribution < -0.4 is 0 Å². The first-order chi connectivity index (χ1) is 11.3. The molecule has 0 fully saturated rings. The second-order valence-corrected chi connectivity index (χ2v) is 19.8. The van der Waals surface area contributed by atoms with Crippen molar-refractivity contribution in [3.63, 3.8) is 0 Å². The molecule has 0 aromatic heterocycles. The molecule has 0 nitrogen and oxygen atoms in total. The molecule has 0 heterocycles. The zero-order valence-corrected chi connectivity index (χ0v) is 18.4. The molecule has 0 atom stereocenters. The second kappa shape index (κ2) is 12.9. The third-order valence-electron chi connectivity index (χ3n) is 4.73. The first kappa shape index (κ1) is 20.5. The average molecular weight is 419 g/mol. The topological polar surface area (TPSA) is 0 Å². The third kappa shape index (κ3) is 8.79. The summed E-state index contributed by atoms with van der Waals surface area (Å²) in [6.07, 6.45) is 15.3. The molecule has 0 spiro atoms. The summed E-state index contributed by atoms with van der Waals surface area (Å²) in [6.45, 7) is 7.03. The zero-order valence-electron chi connectivity index (χ0n) is 15.6. The van der Waals surface area contributed by atoms with Gasteiger partial charge in [-0.1, -0.05) is 0 Å². The Morgan fingerprint density at radius 1 is 0.739 bits per heavy atom. The van der Waals surface area contributed by atoms with Crippen molar-refractivity contribution < 1.29 is 0 Å². The summed E-state index contributed by atoms with van der Waals surface area (Å²) < 4.78 is 7.40. The van der Waals surface area contributed by atoms with E-state index in [1.54, 1.807) is 13.3 Å². The Kier molecular flexibility index (Phi) is 11.5. The van der Waals surface area contributed by atoms with E-state index in [9.17, 15) is 0 Å². The maximum atomic E-state index is 2.73. The molecule has 0 N–H and O–H groups in total. The summed E-state index contributed by atoms with van der Waals surface area (Å²) in [5.41, 5.74) is 1.30. The first-order valence-electron chi connectivity index (χ1n) is 9.67. The molecular weight excluding hydrogens is 383 g/mol. The van der Waals surface area contributed by atoms with Crippen molar-refractivity contribution in [1.29, 1.82) is 0 Å². The molecule has 1 aromatic carbocycles. The van der Waals surface area contributed by atoms with E-state index < -0.39 is 18.4 Å². The van der Waals surface area contributed by atoms with Crippen LogP contribution in [0.2, 0.25) is 13.3 Å². The van der Waals surface area contributed by atoms with Crippen molar-refractivity contribution in [2.75, 3.05) is 0 Å². The van der Waals surface area contributed by atoms with E-state index in [0.29, 0.717) is 0 Å². The summed E-state index contributed by atoms with van der Waals surface area (Å²) in [6, 6.07) is 10.6. The van der Waals surface area contributed by atoms with Gasteiger partial charge < -0.3 is 0 Å². The fourth-order valence-electron chi connectivity index (χ4n) is 3.20. The van der Waals surface area contributed by atoms with Gasteiger partial charge in [0, 0.05) is 0 Å². The molecular formula is C22H36Sn. The number of benzene rings is 1. The quantitative estimate of drug-likeness (QED) is 0.241. The van der Waals surface area contributed by atoms with Crippen LogP contribution in [0.1, 0.15) is 64.9 Å². The number of unbranched alkanes of at least 4 members (excludes halogenated alkanes) is 3. The SMILES string of the molecule is CCC[CH2][Sn](/[CH]=C/C=C/c1ccccc1)([CH2]CCC)[CH2]CCC. The molecule has 0 bridgehead atoms. The predicted octanol–water partition coefficient (Wildman–Crippen LogP) is 7.64. The van der Waals surface area contributed by atoms with Crippen LogP contribution in [0.15, 0.2) is 46.6 Å². The van der Waals surface area contributed by atoms with Crippen molar-refractivity contribution in [3.8, 4) is 0 Å². The number of hydrogen-bond acceptors (Lipinski definition) is 0. The summed E-state index contributed by atoms with van der Waals surface area (Å²) >= 11 is -2.07. The van der Waals surface area contributed by atoms with Crippen molar-refractivity contribution in [1.82, 2.24) is 0 Å². The summed E-state index contributed by atoms with van der Waals surface area (Å²) in [4.78, 5) is 0. The van der Waals surface area contributed by atoms with Crippen LogP contribution in [0, 0.1) is 0 Å². The van der Waals surface area contributed by atoms with Gasteiger partial charge in [-0.05, 0) is 0 Å². The molecule has 0 saturated heterocycles. The molecule has 1 heteroatoms. The van der Waals surface area contributed by atoms with Gasteiger partial charge in [0.25, 0.3) is 0 Å². The summed E-state index contributed by atoms with van der Waals surface area (Å²) in [5.74, 6) is 0. The van der Waals surface area contributed by atoms with Gasteiger partial charge in [-0.2, -0.15) is 0 Å². The molecule has 0 unspecified atom stereocenters. The maximum absolute atomic E-state index is 2.73. The molecule has 0 aliphatic rings. The van der Waals surface area contributed by atoms with Crippen LogP contribution in [-0.2, 0) is 0 Å². The van der Waals surface area contributed by atoms with Gasteiger partial charge in [-0.25, -0.2) is 0 Å².